The molecule has 43 heavy (non-hydrogen) atoms. The maximum absolute atomic E-state index is 14.2. The standard InChI is InChI=1S/C33H27ClFN5O2S/c1-21-29(31(41)37-25-11-3-2-4-12-25)30(22-15-17-26(18-16-22)42-19-23-9-5-7-13-27(23)34)40-32(36-21)38-33(39-40)43-20-24-10-6-8-14-28(24)35/h2-18,30H,19-20H2,1H3,(H,37,41)(H,36,38,39). The highest BCUT2D eigenvalue weighted by molar-refractivity contribution is 7.98. The van der Waals surface area contributed by atoms with Crippen LogP contribution < -0.4 is 15.4 Å². The van der Waals surface area contributed by atoms with E-state index in [1.54, 1.807) is 22.9 Å². The van der Waals surface area contributed by atoms with Gasteiger partial charge in [0.15, 0.2) is 0 Å². The van der Waals surface area contributed by atoms with Crippen LogP contribution in [0.4, 0.5) is 16.0 Å². The number of amides is 1. The highest BCUT2D eigenvalue weighted by atomic mass is 35.5. The molecule has 6 rings (SSSR count). The maximum Gasteiger partial charge on any atom is 0.255 e. The van der Waals surface area contributed by atoms with E-state index in [0.29, 0.717) is 56.8 Å². The normalized spacial score (nSPS) is 14.2. The van der Waals surface area contributed by atoms with Crippen LogP contribution in [0, 0.1) is 5.82 Å². The van der Waals surface area contributed by atoms with Crippen molar-refractivity contribution in [2.45, 2.75) is 30.5 Å². The van der Waals surface area contributed by atoms with Crippen molar-refractivity contribution in [1.82, 2.24) is 14.8 Å². The second-order valence-electron chi connectivity index (χ2n) is 9.88. The van der Waals surface area contributed by atoms with Crippen molar-refractivity contribution in [3.05, 3.63) is 142 Å². The number of aromatic nitrogens is 3. The van der Waals surface area contributed by atoms with Crippen molar-refractivity contribution in [3.8, 4) is 5.75 Å². The monoisotopic (exact) mass is 611 g/mol. The van der Waals surface area contributed by atoms with E-state index < -0.39 is 6.04 Å². The van der Waals surface area contributed by atoms with Gasteiger partial charge in [-0.05, 0) is 54.4 Å². The van der Waals surface area contributed by atoms with Crippen molar-refractivity contribution in [2.75, 3.05) is 10.6 Å². The SMILES string of the molecule is CC1=C(C(=O)Nc2ccccc2)C(c2ccc(OCc3ccccc3Cl)cc2)n2nc(SCc3ccccc3F)nc2N1. The van der Waals surface area contributed by atoms with Gasteiger partial charge in [-0.1, -0.05) is 90.1 Å². The lowest BCUT2D eigenvalue weighted by molar-refractivity contribution is -0.113. The summed E-state index contributed by atoms with van der Waals surface area (Å²) in [6.07, 6.45) is 0. The number of rotatable bonds is 9. The second-order valence-corrected chi connectivity index (χ2v) is 11.2. The summed E-state index contributed by atoms with van der Waals surface area (Å²) in [5.41, 5.74) is 4.10. The summed E-state index contributed by atoms with van der Waals surface area (Å²) in [4.78, 5) is 18.4. The first-order valence-electron chi connectivity index (χ1n) is 13.6. The van der Waals surface area contributed by atoms with E-state index in [9.17, 15) is 9.18 Å². The zero-order chi connectivity index (χ0) is 29.8. The molecule has 1 atom stereocenters. The van der Waals surface area contributed by atoms with E-state index in [2.05, 4.69) is 15.6 Å². The fourth-order valence-electron chi connectivity index (χ4n) is 4.80. The Morgan fingerprint density at radius 3 is 2.42 bits per heavy atom. The van der Waals surface area contributed by atoms with Crippen molar-refractivity contribution < 1.29 is 13.9 Å². The van der Waals surface area contributed by atoms with Crippen LogP contribution in [0.25, 0.3) is 0 Å². The Kier molecular flexibility index (Phi) is 8.44. The van der Waals surface area contributed by atoms with Gasteiger partial charge in [0.05, 0.1) is 5.57 Å². The number of benzene rings is 4. The predicted octanol–water partition coefficient (Wildman–Crippen LogP) is 7.87. The molecule has 0 aliphatic carbocycles. The molecule has 1 amide bonds. The van der Waals surface area contributed by atoms with Gasteiger partial charge < -0.3 is 15.4 Å². The second kappa shape index (κ2) is 12.7. The van der Waals surface area contributed by atoms with Gasteiger partial charge in [0.2, 0.25) is 11.1 Å². The van der Waals surface area contributed by atoms with Crippen LogP contribution in [-0.2, 0) is 17.2 Å². The topological polar surface area (TPSA) is 81.1 Å². The molecule has 4 aromatic carbocycles. The molecule has 7 nitrogen and oxygen atoms in total. The Labute approximate surface area is 257 Å². The summed E-state index contributed by atoms with van der Waals surface area (Å²) in [6, 6.07) is 30.5. The summed E-state index contributed by atoms with van der Waals surface area (Å²) in [7, 11) is 0. The number of thioether (sulfide) groups is 1. The van der Waals surface area contributed by atoms with E-state index in [1.807, 2.05) is 85.8 Å². The number of carbonyl (C=O) groups is 1. The number of nitrogens with zero attached hydrogens (tertiary/aromatic N) is 3. The van der Waals surface area contributed by atoms with Crippen LogP contribution in [0.2, 0.25) is 5.02 Å². The minimum absolute atomic E-state index is 0.262. The first-order valence-corrected chi connectivity index (χ1v) is 15.0. The van der Waals surface area contributed by atoms with Crippen LogP contribution in [0.3, 0.4) is 0 Å². The number of fused-ring (bicyclic) bond motifs is 1. The lowest BCUT2D eigenvalue weighted by atomic mass is 9.95. The number of halogens is 2. The minimum atomic E-state index is -0.576. The van der Waals surface area contributed by atoms with E-state index in [1.165, 1.54) is 17.8 Å². The smallest absolute Gasteiger partial charge is 0.255 e. The van der Waals surface area contributed by atoms with Gasteiger partial charge in [-0.25, -0.2) is 9.07 Å². The Morgan fingerprint density at radius 2 is 1.67 bits per heavy atom. The van der Waals surface area contributed by atoms with Crippen molar-refractivity contribution in [3.63, 3.8) is 0 Å². The molecule has 1 unspecified atom stereocenters. The number of anilines is 2. The first-order chi connectivity index (χ1) is 21.0. The maximum atomic E-state index is 14.2. The molecule has 216 valence electrons. The largest absolute Gasteiger partial charge is 0.489 e. The van der Waals surface area contributed by atoms with Crippen LogP contribution in [0.5, 0.6) is 5.75 Å². The van der Waals surface area contributed by atoms with Gasteiger partial charge in [0.1, 0.15) is 24.2 Å². The Bertz CT molecular complexity index is 1790. The fraction of sp³-hybridized carbons (Fsp3) is 0.121. The number of nitrogens with one attached hydrogen (secondary N) is 2. The van der Waals surface area contributed by atoms with Crippen LogP contribution >= 0.6 is 23.4 Å². The lowest BCUT2D eigenvalue weighted by Gasteiger charge is -2.28. The highest BCUT2D eigenvalue weighted by Gasteiger charge is 2.34. The minimum Gasteiger partial charge on any atom is -0.489 e. The molecule has 2 heterocycles. The Morgan fingerprint density at radius 1 is 0.977 bits per heavy atom. The number of carbonyl (C=O) groups excluding carboxylic acids is 1. The highest BCUT2D eigenvalue weighted by Crippen LogP contribution is 2.38. The molecule has 0 saturated heterocycles. The average molecular weight is 612 g/mol. The Balaban J connectivity index is 1.30. The number of hydrogen-bond donors (Lipinski definition) is 2. The predicted molar refractivity (Wildman–Crippen MR) is 168 cm³/mol. The first kappa shape index (κ1) is 28.5. The molecular weight excluding hydrogens is 585 g/mol. The summed E-state index contributed by atoms with van der Waals surface area (Å²) in [5.74, 6) is 0.986. The molecule has 1 aliphatic rings. The summed E-state index contributed by atoms with van der Waals surface area (Å²) < 4.78 is 21.9. The van der Waals surface area contributed by atoms with E-state index in [-0.39, 0.29) is 11.7 Å². The molecule has 0 saturated carbocycles. The molecule has 5 aromatic rings. The van der Waals surface area contributed by atoms with Gasteiger partial charge in [0, 0.05) is 27.7 Å². The lowest BCUT2D eigenvalue weighted by Crippen LogP contribution is -2.31. The number of ether oxygens (including phenoxy) is 1. The van der Waals surface area contributed by atoms with Crippen molar-refractivity contribution >= 4 is 40.9 Å². The van der Waals surface area contributed by atoms with Gasteiger partial charge in [-0.3, -0.25) is 4.79 Å². The van der Waals surface area contributed by atoms with Gasteiger partial charge >= 0.3 is 0 Å². The number of hydrogen-bond acceptors (Lipinski definition) is 6. The molecule has 0 bridgehead atoms. The average Bonchev–Trinajstić information content (AvgIpc) is 3.42. The molecule has 0 spiro atoms. The summed E-state index contributed by atoms with van der Waals surface area (Å²) in [6.45, 7) is 2.17. The summed E-state index contributed by atoms with van der Waals surface area (Å²) >= 11 is 7.61. The van der Waals surface area contributed by atoms with Gasteiger partial charge in [-0.15, -0.1) is 5.10 Å². The van der Waals surface area contributed by atoms with E-state index >= 15 is 0 Å². The zero-order valence-corrected chi connectivity index (χ0v) is 24.7. The van der Waals surface area contributed by atoms with Gasteiger partial charge in [0.25, 0.3) is 5.91 Å². The molecule has 2 N–H and O–H groups in total. The number of para-hydroxylation sites is 1. The van der Waals surface area contributed by atoms with Crippen LogP contribution in [-0.4, -0.2) is 20.7 Å². The van der Waals surface area contributed by atoms with E-state index in [4.69, 9.17) is 21.4 Å². The van der Waals surface area contributed by atoms with Crippen LogP contribution in [0.1, 0.15) is 29.7 Å². The van der Waals surface area contributed by atoms with Crippen molar-refractivity contribution in [2.24, 2.45) is 0 Å². The molecular formula is C33H27ClFN5O2S. The molecule has 0 fully saturated rings. The Hall–Kier alpha value is -4.60. The van der Waals surface area contributed by atoms with Gasteiger partial charge in [-0.2, -0.15) is 4.98 Å². The molecule has 0 radical (unpaired) electrons. The molecule has 1 aromatic heterocycles. The zero-order valence-electron chi connectivity index (χ0n) is 23.1. The number of allylic oxidation sites excluding steroid dienone is 1. The fourth-order valence-corrected chi connectivity index (χ4v) is 5.80. The third-order valence-corrected chi connectivity index (χ3v) is 8.23. The molecule has 10 heteroatoms. The third-order valence-electron chi connectivity index (χ3n) is 6.97. The quantitative estimate of drug-likeness (QED) is 0.165. The summed E-state index contributed by atoms with van der Waals surface area (Å²) in [5, 5.41) is 12.1. The third kappa shape index (κ3) is 6.43. The van der Waals surface area contributed by atoms with Crippen molar-refractivity contribution in [1.29, 1.82) is 0 Å². The van der Waals surface area contributed by atoms with E-state index in [0.717, 1.165) is 11.1 Å². The van der Waals surface area contributed by atoms with Crippen LogP contribution in [0.15, 0.2) is 120 Å². The molecule has 1 aliphatic heterocycles.